The molecule has 0 aliphatic carbocycles. The van der Waals surface area contributed by atoms with Gasteiger partial charge in [0.1, 0.15) is 5.82 Å². The van der Waals surface area contributed by atoms with Crippen molar-refractivity contribution in [2.24, 2.45) is 7.05 Å². The molecule has 1 atom stereocenters. The van der Waals surface area contributed by atoms with Crippen molar-refractivity contribution in [3.05, 3.63) is 52.0 Å². The minimum absolute atomic E-state index is 0.323. The Kier molecular flexibility index (Phi) is 3.59. The van der Waals surface area contributed by atoms with E-state index in [0.29, 0.717) is 6.04 Å². The zero-order chi connectivity index (χ0) is 14.1. The van der Waals surface area contributed by atoms with Crippen molar-refractivity contribution in [3.63, 3.8) is 0 Å². The van der Waals surface area contributed by atoms with Crippen LogP contribution >= 0.6 is 11.3 Å². The van der Waals surface area contributed by atoms with Gasteiger partial charge in [-0.3, -0.25) is 0 Å². The maximum absolute atomic E-state index is 4.76. The molecule has 20 heavy (non-hydrogen) atoms. The number of nitrogens with zero attached hydrogens (tertiary/aromatic N) is 2. The van der Waals surface area contributed by atoms with Crippen molar-refractivity contribution in [1.82, 2.24) is 14.9 Å². The summed E-state index contributed by atoms with van der Waals surface area (Å²) >= 11 is 1.85. The van der Waals surface area contributed by atoms with E-state index in [2.05, 4.69) is 54.2 Å². The van der Waals surface area contributed by atoms with Crippen LogP contribution in [0.15, 0.2) is 36.4 Å². The molecule has 0 saturated heterocycles. The summed E-state index contributed by atoms with van der Waals surface area (Å²) in [4.78, 5) is 7.48. The third kappa shape index (κ3) is 2.37. The Morgan fingerprint density at radius 2 is 2.05 bits per heavy atom. The summed E-state index contributed by atoms with van der Waals surface area (Å²) in [6.07, 6.45) is 0.904. The lowest BCUT2D eigenvalue weighted by Gasteiger charge is -2.14. The highest BCUT2D eigenvalue weighted by Gasteiger charge is 2.16. The van der Waals surface area contributed by atoms with Crippen molar-refractivity contribution in [2.75, 3.05) is 7.05 Å². The lowest BCUT2D eigenvalue weighted by Crippen LogP contribution is -2.19. The van der Waals surface area contributed by atoms with E-state index >= 15 is 0 Å². The van der Waals surface area contributed by atoms with Gasteiger partial charge in [-0.2, -0.15) is 0 Å². The number of rotatable bonds is 4. The Labute approximate surface area is 123 Å². The molecule has 0 radical (unpaired) electrons. The van der Waals surface area contributed by atoms with Crippen LogP contribution in [0.5, 0.6) is 0 Å². The minimum Gasteiger partial charge on any atom is -0.331 e. The molecule has 1 N–H and O–H groups in total. The van der Waals surface area contributed by atoms with Gasteiger partial charge in [-0.25, -0.2) is 4.98 Å². The van der Waals surface area contributed by atoms with Gasteiger partial charge in [0.05, 0.1) is 11.0 Å². The van der Waals surface area contributed by atoms with Gasteiger partial charge in [0.15, 0.2) is 0 Å². The number of fused-ring (bicyclic) bond motifs is 1. The first-order chi connectivity index (χ1) is 9.69. The van der Waals surface area contributed by atoms with E-state index in [-0.39, 0.29) is 0 Å². The Bertz CT molecular complexity index is 726. The van der Waals surface area contributed by atoms with Crippen molar-refractivity contribution >= 4 is 22.4 Å². The molecule has 0 fully saturated rings. The van der Waals surface area contributed by atoms with Gasteiger partial charge in [0.2, 0.25) is 0 Å². The number of imidazole rings is 1. The number of likely N-dealkylation sites (N-methyl/N-ethyl adjacent to an activating group) is 1. The van der Waals surface area contributed by atoms with Gasteiger partial charge in [-0.15, -0.1) is 11.3 Å². The highest BCUT2D eigenvalue weighted by molar-refractivity contribution is 7.12. The van der Waals surface area contributed by atoms with Crippen LogP contribution in [0, 0.1) is 6.92 Å². The predicted octanol–water partition coefficient (Wildman–Crippen LogP) is 3.45. The number of hydrogen-bond donors (Lipinski definition) is 1. The lowest BCUT2D eigenvalue weighted by molar-refractivity contribution is 0.574. The second-order valence-electron chi connectivity index (χ2n) is 5.07. The summed E-state index contributed by atoms with van der Waals surface area (Å²) in [6.45, 7) is 2.15. The van der Waals surface area contributed by atoms with E-state index in [1.54, 1.807) is 0 Å². The smallest absolute Gasteiger partial charge is 0.111 e. The predicted molar refractivity (Wildman–Crippen MR) is 85.3 cm³/mol. The summed E-state index contributed by atoms with van der Waals surface area (Å²) in [5.41, 5.74) is 2.27. The molecule has 0 saturated carbocycles. The summed E-state index contributed by atoms with van der Waals surface area (Å²) in [5, 5.41) is 3.41. The number of nitrogens with one attached hydrogen (secondary N) is 1. The molecule has 3 aromatic rings. The Morgan fingerprint density at radius 3 is 2.70 bits per heavy atom. The molecule has 0 aliphatic heterocycles. The molecule has 0 bridgehead atoms. The summed E-state index contributed by atoms with van der Waals surface area (Å²) in [5.74, 6) is 1.12. The Balaban J connectivity index is 1.93. The highest BCUT2D eigenvalue weighted by atomic mass is 32.1. The summed E-state index contributed by atoms with van der Waals surface area (Å²) in [6, 6.07) is 13.0. The Hall–Kier alpha value is -1.65. The summed E-state index contributed by atoms with van der Waals surface area (Å²) < 4.78 is 2.19. The molecule has 3 rings (SSSR count). The number of aryl methyl sites for hydroxylation is 2. The van der Waals surface area contributed by atoms with Crippen molar-refractivity contribution in [3.8, 4) is 0 Å². The first-order valence-electron chi connectivity index (χ1n) is 6.83. The molecule has 0 spiro atoms. The molecular weight excluding hydrogens is 266 g/mol. The standard InChI is InChI=1S/C16H19N3S/c1-11-8-9-15(20-11)13(17-2)10-16-18-12-6-4-5-7-14(12)19(16)3/h4-9,13,17H,10H2,1-3H3. The third-order valence-electron chi connectivity index (χ3n) is 3.72. The van der Waals surface area contributed by atoms with Crippen molar-refractivity contribution < 1.29 is 0 Å². The molecule has 2 heterocycles. The molecule has 1 unspecified atom stereocenters. The van der Waals surface area contributed by atoms with Crippen LogP contribution in [0.25, 0.3) is 11.0 Å². The topological polar surface area (TPSA) is 29.9 Å². The fraction of sp³-hybridized carbons (Fsp3) is 0.312. The van der Waals surface area contributed by atoms with Gasteiger partial charge in [0, 0.05) is 29.3 Å². The third-order valence-corrected chi connectivity index (χ3v) is 4.83. The van der Waals surface area contributed by atoms with Crippen molar-refractivity contribution in [1.29, 1.82) is 0 Å². The van der Waals surface area contributed by atoms with E-state index in [9.17, 15) is 0 Å². The molecular formula is C16H19N3S. The zero-order valence-corrected chi connectivity index (χ0v) is 12.9. The van der Waals surface area contributed by atoms with Gasteiger partial charge in [-0.05, 0) is 38.2 Å². The first-order valence-corrected chi connectivity index (χ1v) is 7.64. The molecule has 3 nitrogen and oxygen atoms in total. The van der Waals surface area contributed by atoms with Crippen LogP contribution in [0.3, 0.4) is 0 Å². The normalized spacial score (nSPS) is 12.9. The average Bonchev–Trinajstić information content (AvgIpc) is 3.01. The van der Waals surface area contributed by atoms with E-state index < -0.39 is 0 Å². The van der Waals surface area contributed by atoms with Crippen LogP contribution in [-0.2, 0) is 13.5 Å². The highest BCUT2D eigenvalue weighted by Crippen LogP contribution is 2.26. The van der Waals surface area contributed by atoms with E-state index in [4.69, 9.17) is 4.98 Å². The van der Waals surface area contributed by atoms with Gasteiger partial charge in [-0.1, -0.05) is 12.1 Å². The van der Waals surface area contributed by atoms with Gasteiger partial charge < -0.3 is 9.88 Å². The number of hydrogen-bond acceptors (Lipinski definition) is 3. The van der Waals surface area contributed by atoms with Gasteiger partial charge in [0.25, 0.3) is 0 Å². The Morgan fingerprint density at radius 1 is 1.25 bits per heavy atom. The number of para-hydroxylation sites is 2. The second kappa shape index (κ2) is 5.38. The van der Waals surface area contributed by atoms with Gasteiger partial charge >= 0.3 is 0 Å². The number of benzene rings is 1. The van der Waals surface area contributed by atoms with Crippen molar-refractivity contribution in [2.45, 2.75) is 19.4 Å². The van der Waals surface area contributed by atoms with E-state index in [0.717, 1.165) is 17.8 Å². The molecule has 104 valence electrons. The first kappa shape index (κ1) is 13.3. The monoisotopic (exact) mass is 285 g/mol. The quantitative estimate of drug-likeness (QED) is 0.795. The summed E-state index contributed by atoms with van der Waals surface area (Å²) in [7, 11) is 4.11. The van der Waals surface area contributed by atoms with Crippen LogP contribution in [-0.4, -0.2) is 16.6 Å². The second-order valence-corrected chi connectivity index (χ2v) is 6.39. The average molecular weight is 285 g/mol. The van der Waals surface area contributed by atoms with Crippen LogP contribution in [0.2, 0.25) is 0 Å². The molecule has 1 aromatic carbocycles. The number of aromatic nitrogens is 2. The number of thiophene rings is 1. The van der Waals surface area contributed by atoms with E-state index in [1.165, 1.54) is 15.3 Å². The molecule has 0 aliphatic rings. The van der Waals surface area contributed by atoms with Crippen LogP contribution in [0.1, 0.15) is 21.6 Å². The fourth-order valence-corrected chi connectivity index (χ4v) is 3.53. The fourth-order valence-electron chi connectivity index (χ4n) is 2.55. The molecule has 4 heteroatoms. The largest absolute Gasteiger partial charge is 0.331 e. The maximum atomic E-state index is 4.76. The lowest BCUT2D eigenvalue weighted by atomic mass is 10.1. The van der Waals surface area contributed by atoms with Crippen LogP contribution < -0.4 is 5.32 Å². The SMILES string of the molecule is CNC(Cc1nc2ccccc2n1C)c1ccc(C)s1. The zero-order valence-electron chi connectivity index (χ0n) is 12.1. The molecule has 0 amide bonds. The van der Waals surface area contributed by atoms with E-state index in [1.807, 2.05) is 24.5 Å². The van der Waals surface area contributed by atoms with Crippen LogP contribution in [0.4, 0.5) is 0 Å². The minimum atomic E-state index is 0.323. The molecule has 2 aromatic heterocycles. The maximum Gasteiger partial charge on any atom is 0.111 e.